The Morgan fingerprint density at radius 3 is 2.78 bits per heavy atom. The summed E-state index contributed by atoms with van der Waals surface area (Å²) in [6, 6.07) is 0. The first-order chi connectivity index (χ1) is 8.68. The number of nitrogens with zero attached hydrogens (tertiary/aromatic N) is 2. The lowest BCUT2D eigenvalue weighted by atomic mass is 10.0. The number of aromatic carboxylic acids is 1. The first-order valence-corrected chi connectivity index (χ1v) is 6.04. The van der Waals surface area contributed by atoms with E-state index in [-0.39, 0.29) is 11.4 Å². The van der Waals surface area contributed by atoms with E-state index in [0.29, 0.717) is 17.0 Å². The van der Waals surface area contributed by atoms with Gasteiger partial charge < -0.3 is 15.8 Å². The van der Waals surface area contributed by atoms with Crippen LogP contribution in [0, 0.1) is 0 Å². The number of carboxylic acids is 1. The number of nitrogen functional groups attached to an aromatic ring is 1. The SMILES string of the molecule is Nc1c(C(=O)O)[nH]c2ncnc(C3CCCC3)c12. The normalized spacial score (nSPS) is 16.4. The summed E-state index contributed by atoms with van der Waals surface area (Å²) >= 11 is 0. The van der Waals surface area contributed by atoms with Crippen molar-refractivity contribution in [3.8, 4) is 0 Å². The number of carbonyl (C=O) groups is 1. The fraction of sp³-hybridized carbons (Fsp3) is 0.417. The summed E-state index contributed by atoms with van der Waals surface area (Å²) in [6.07, 6.45) is 6.01. The monoisotopic (exact) mass is 246 g/mol. The molecule has 0 saturated heterocycles. The Hall–Kier alpha value is -2.11. The Balaban J connectivity index is 2.23. The topological polar surface area (TPSA) is 105 Å². The van der Waals surface area contributed by atoms with Crippen LogP contribution in [0.5, 0.6) is 0 Å². The molecule has 6 heteroatoms. The Labute approximate surface area is 103 Å². The van der Waals surface area contributed by atoms with Crippen LogP contribution in [0.2, 0.25) is 0 Å². The summed E-state index contributed by atoms with van der Waals surface area (Å²) in [6.45, 7) is 0. The lowest BCUT2D eigenvalue weighted by Crippen LogP contribution is -2.02. The maximum Gasteiger partial charge on any atom is 0.354 e. The van der Waals surface area contributed by atoms with Crippen molar-refractivity contribution in [2.45, 2.75) is 31.6 Å². The highest BCUT2D eigenvalue weighted by molar-refractivity contribution is 6.04. The van der Waals surface area contributed by atoms with Gasteiger partial charge >= 0.3 is 5.97 Å². The van der Waals surface area contributed by atoms with E-state index in [2.05, 4.69) is 15.0 Å². The summed E-state index contributed by atoms with van der Waals surface area (Å²) < 4.78 is 0. The number of nitrogens with one attached hydrogen (secondary N) is 1. The van der Waals surface area contributed by atoms with E-state index in [9.17, 15) is 4.79 Å². The van der Waals surface area contributed by atoms with Gasteiger partial charge in [-0.05, 0) is 12.8 Å². The van der Waals surface area contributed by atoms with Crippen molar-refractivity contribution in [2.75, 3.05) is 5.73 Å². The Kier molecular flexibility index (Phi) is 2.43. The zero-order valence-corrected chi connectivity index (χ0v) is 9.81. The highest BCUT2D eigenvalue weighted by atomic mass is 16.4. The fourth-order valence-corrected chi connectivity index (χ4v) is 2.75. The summed E-state index contributed by atoms with van der Waals surface area (Å²) in [5, 5.41) is 9.75. The molecule has 2 heterocycles. The second-order valence-electron chi connectivity index (χ2n) is 4.68. The van der Waals surface area contributed by atoms with Crippen LogP contribution in [0.3, 0.4) is 0 Å². The molecule has 94 valence electrons. The van der Waals surface area contributed by atoms with E-state index < -0.39 is 5.97 Å². The molecule has 1 saturated carbocycles. The lowest BCUT2D eigenvalue weighted by Gasteiger charge is -2.09. The van der Waals surface area contributed by atoms with E-state index in [1.54, 1.807) is 0 Å². The van der Waals surface area contributed by atoms with Crippen molar-refractivity contribution in [3.05, 3.63) is 17.7 Å². The third kappa shape index (κ3) is 1.53. The van der Waals surface area contributed by atoms with Crippen LogP contribution in [0.4, 0.5) is 5.69 Å². The molecule has 0 radical (unpaired) electrons. The van der Waals surface area contributed by atoms with Crippen molar-refractivity contribution in [1.29, 1.82) is 0 Å². The van der Waals surface area contributed by atoms with E-state index in [4.69, 9.17) is 10.8 Å². The molecule has 0 aliphatic heterocycles. The number of fused-ring (bicyclic) bond motifs is 1. The summed E-state index contributed by atoms with van der Waals surface area (Å²) in [4.78, 5) is 22.2. The van der Waals surface area contributed by atoms with Crippen LogP contribution in [0.1, 0.15) is 47.8 Å². The van der Waals surface area contributed by atoms with Crippen molar-refractivity contribution >= 4 is 22.7 Å². The first kappa shape index (κ1) is 11.0. The number of hydrogen-bond donors (Lipinski definition) is 3. The van der Waals surface area contributed by atoms with Gasteiger partial charge in [0.15, 0.2) is 0 Å². The average molecular weight is 246 g/mol. The number of carboxylic acid groups (broad SMARTS) is 1. The van der Waals surface area contributed by atoms with Crippen LogP contribution in [0.25, 0.3) is 11.0 Å². The molecular formula is C12H14N4O2. The number of hydrogen-bond acceptors (Lipinski definition) is 4. The molecule has 4 N–H and O–H groups in total. The highest BCUT2D eigenvalue weighted by Gasteiger charge is 2.25. The largest absolute Gasteiger partial charge is 0.477 e. The summed E-state index contributed by atoms with van der Waals surface area (Å²) in [7, 11) is 0. The van der Waals surface area contributed by atoms with Crippen LogP contribution in [0.15, 0.2) is 6.33 Å². The molecule has 1 aliphatic carbocycles. The molecule has 0 amide bonds. The molecular weight excluding hydrogens is 232 g/mol. The number of anilines is 1. The number of aromatic amines is 1. The molecule has 3 rings (SSSR count). The highest BCUT2D eigenvalue weighted by Crippen LogP contribution is 2.38. The molecule has 2 aromatic heterocycles. The fourth-order valence-electron chi connectivity index (χ4n) is 2.75. The molecule has 1 fully saturated rings. The Morgan fingerprint density at radius 2 is 2.11 bits per heavy atom. The average Bonchev–Trinajstić information content (AvgIpc) is 2.97. The van der Waals surface area contributed by atoms with Gasteiger partial charge in [-0.25, -0.2) is 14.8 Å². The second kappa shape index (κ2) is 3.97. The molecule has 0 bridgehead atoms. The van der Waals surface area contributed by atoms with Crippen molar-refractivity contribution in [2.24, 2.45) is 0 Å². The maximum atomic E-state index is 11.1. The molecule has 0 aromatic carbocycles. The van der Waals surface area contributed by atoms with E-state index in [1.807, 2.05) is 0 Å². The van der Waals surface area contributed by atoms with Gasteiger partial charge in [0.1, 0.15) is 17.7 Å². The Morgan fingerprint density at radius 1 is 1.39 bits per heavy atom. The minimum Gasteiger partial charge on any atom is -0.477 e. The van der Waals surface area contributed by atoms with Crippen LogP contribution >= 0.6 is 0 Å². The van der Waals surface area contributed by atoms with Crippen molar-refractivity contribution in [3.63, 3.8) is 0 Å². The number of aromatic nitrogens is 3. The van der Waals surface area contributed by atoms with Gasteiger partial charge in [0.05, 0.1) is 16.8 Å². The van der Waals surface area contributed by atoms with Gasteiger partial charge in [-0.3, -0.25) is 0 Å². The van der Waals surface area contributed by atoms with Crippen LogP contribution in [-0.2, 0) is 0 Å². The van der Waals surface area contributed by atoms with Gasteiger partial charge in [-0.15, -0.1) is 0 Å². The van der Waals surface area contributed by atoms with E-state index in [1.165, 1.54) is 19.2 Å². The summed E-state index contributed by atoms with van der Waals surface area (Å²) in [5.74, 6) is -0.696. The molecule has 6 nitrogen and oxygen atoms in total. The van der Waals surface area contributed by atoms with Gasteiger partial charge in [-0.1, -0.05) is 12.8 Å². The number of rotatable bonds is 2. The second-order valence-corrected chi connectivity index (χ2v) is 4.68. The third-order valence-corrected chi connectivity index (χ3v) is 3.61. The summed E-state index contributed by atoms with van der Waals surface area (Å²) in [5.41, 5.74) is 7.57. The smallest absolute Gasteiger partial charge is 0.354 e. The minimum absolute atomic E-state index is 0.00440. The zero-order chi connectivity index (χ0) is 12.7. The van der Waals surface area contributed by atoms with Gasteiger partial charge in [0.2, 0.25) is 0 Å². The van der Waals surface area contributed by atoms with Gasteiger partial charge in [-0.2, -0.15) is 0 Å². The van der Waals surface area contributed by atoms with Crippen LogP contribution < -0.4 is 5.73 Å². The molecule has 0 spiro atoms. The van der Waals surface area contributed by atoms with E-state index in [0.717, 1.165) is 18.5 Å². The van der Waals surface area contributed by atoms with Gasteiger partial charge in [0.25, 0.3) is 0 Å². The zero-order valence-electron chi connectivity index (χ0n) is 9.81. The van der Waals surface area contributed by atoms with Gasteiger partial charge in [0, 0.05) is 5.92 Å². The lowest BCUT2D eigenvalue weighted by molar-refractivity contribution is 0.0692. The van der Waals surface area contributed by atoms with Crippen molar-refractivity contribution in [1.82, 2.24) is 15.0 Å². The van der Waals surface area contributed by atoms with Crippen molar-refractivity contribution < 1.29 is 9.90 Å². The maximum absolute atomic E-state index is 11.1. The standard InChI is InChI=1S/C12H14N4O2/c13-8-7-9(6-3-1-2-4-6)14-5-15-11(7)16-10(8)12(17)18/h5-6H,1-4,13H2,(H,17,18)(H,14,15,16). The predicted octanol–water partition coefficient (Wildman–Crippen LogP) is 1.90. The molecule has 1 aliphatic rings. The van der Waals surface area contributed by atoms with Crippen LogP contribution in [-0.4, -0.2) is 26.0 Å². The molecule has 18 heavy (non-hydrogen) atoms. The van der Waals surface area contributed by atoms with E-state index >= 15 is 0 Å². The number of H-pyrrole nitrogens is 1. The quantitative estimate of drug-likeness (QED) is 0.750. The Bertz CT molecular complexity index is 614. The molecule has 2 aromatic rings. The molecule has 0 atom stereocenters. The predicted molar refractivity (Wildman–Crippen MR) is 66.5 cm³/mol. The number of nitrogens with two attached hydrogens (primary N) is 1. The first-order valence-electron chi connectivity index (χ1n) is 6.04. The minimum atomic E-state index is -1.07. The molecule has 0 unspecified atom stereocenters. The third-order valence-electron chi connectivity index (χ3n) is 3.61.